The van der Waals surface area contributed by atoms with Gasteiger partial charge in [0.1, 0.15) is 5.60 Å². The van der Waals surface area contributed by atoms with Crippen molar-refractivity contribution in [2.45, 2.75) is 78.9 Å². The molecule has 0 spiro atoms. The molecular weight excluding hydrogens is 390 g/mol. The van der Waals surface area contributed by atoms with Crippen molar-refractivity contribution in [1.82, 2.24) is 5.32 Å². The van der Waals surface area contributed by atoms with Crippen LogP contribution >= 0.6 is 0 Å². The first-order chi connectivity index (χ1) is 13.6. The number of carbonyl (C=O) groups is 2. The third kappa shape index (κ3) is 12.2. The van der Waals surface area contributed by atoms with Crippen molar-refractivity contribution < 1.29 is 27.6 Å². The van der Waals surface area contributed by atoms with E-state index < -0.39 is 26.3 Å². The number of nitrogens with one attached hydrogen (secondary N) is 1. The van der Waals surface area contributed by atoms with Crippen molar-refractivity contribution in [2.75, 3.05) is 26.4 Å². The quantitative estimate of drug-likeness (QED) is 0.131. The smallest absolute Gasteiger partial charge is 0.453 e. The summed E-state index contributed by atoms with van der Waals surface area (Å²) in [6.07, 6.45) is 5.06. The Hall–Kier alpha value is -1.22. The molecule has 0 aromatic heterocycles. The van der Waals surface area contributed by atoms with Crippen molar-refractivity contribution in [2.24, 2.45) is 5.92 Å². The van der Waals surface area contributed by atoms with Gasteiger partial charge in [0, 0.05) is 32.4 Å². The van der Waals surface area contributed by atoms with Gasteiger partial charge in [0.15, 0.2) is 0 Å². The van der Waals surface area contributed by atoms with Gasteiger partial charge in [-0.3, -0.25) is 4.79 Å². The van der Waals surface area contributed by atoms with E-state index in [0.717, 1.165) is 12.8 Å². The molecule has 0 bridgehead atoms. The Morgan fingerprint density at radius 2 is 1.62 bits per heavy atom. The number of allylic oxidation sites excluding steroid dienone is 1. The topological polar surface area (TPSA) is 83.1 Å². The second-order valence-corrected chi connectivity index (χ2v) is 10.3. The Morgan fingerprint density at radius 3 is 2.10 bits per heavy atom. The first-order valence-corrected chi connectivity index (χ1v) is 12.6. The highest BCUT2D eigenvalue weighted by Gasteiger charge is 2.39. The molecule has 1 amide bonds. The van der Waals surface area contributed by atoms with Crippen LogP contribution < -0.4 is 5.32 Å². The summed E-state index contributed by atoms with van der Waals surface area (Å²) in [5.41, 5.74) is -0.684. The van der Waals surface area contributed by atoms with E-state index in [1.807, 2.05) is 40.7 Å². The molecule has 1 atom stereocenters. The molecule has 0 heterocycles. The van der Waals surface area contributed by atoms with Crippen LogP contribution in [0, 0.1) is 5.92 Å². The third-order valence-electron chi connectivity index (χ3n) is 4.43. The summed E-state index contributed by atoms with van der Waals surface area (Å²) in [5.74, 6) is -1.16. The lowest BCUT2D eigenvalue weighted by atomic mass is 9.97. The third-order valence-corrected chi connectivity index (χ3v) is 7.58. The van der Waals surface area contributed by atoms with E-state index in [4.69, 9.17) is 18.0 Å². The monoisotopic (exact) mass is 431 g/mol. The average Bonchev–Trinajstić information content (AvgIpc) is 2.65. The van der Waals surface area contributed by atoms with Gasteiger partial charge >= 0.3 is 20.7 Å². The van der Waals surface area contributed by atoms with Gasteiger partial charge in [0.2, 0.25) is 0 Å². The van der Waals surface area contributed by atoms with Crippen molar-refractivity contribution in [3.63, 3.8) is 0 Å². The Kier molecular flexibility index (Phi) is 14.1. The maximum absolute atomic E-state index is 12.1. The molecule has 0 aromatic carbocycles. The molecule has 0 aliphatic carbocycles. The van der Waals surface area contributed by atoms with Gasteiger partial charge in [-0.05, 0) is 66.2 Å². The fourth-order valence-corrected chi connectivity index (χ4v) is 5.51. The minimum atomic E-state index is -2.74. The van der Waals surface area contributed by atoms with Crippen LogP contribution in [0.5, 0.6) is 0 Å². The lowest BCUT2D eigenvalue weighted by Crippen LogP contribution is -2.46. The van der Waals surface area contributed by atoms with Gasteiger partial charge in [0.25, 0.3) is 0 Å². The van der Waals surface area contributed by atoms with Gasteiger partial charge in [0.05, 0.1) is 0 Å². The maximum atomic E-state index is 12.1. The number of rotatable bonds is 16. The maximum Gasteiger partial charge on any atom is 0.500 e. The minimum absolute atomic E-state index is 0.327. The number of hydrogen-bond donors (Lipinski definition) is 1. The second-order valence-electron chi connectivity index (χ2n) is 7.60. The molecule has 0 rings (SSSR count). The van der Waals surface area contributed by atoms with E-state index >= 15 is 0 Å². The number of ether oxygens (including phenoxy) is 1. The molecule has 1 unspecified atom stereocenters. The standard InChI is InChI=1S/C21H41NO6Si/c1-8-18(5)14-12-15-21(6,7)28-20(24)19(23)22-16-13-17-29(25-9-2,26-10-3)27-11-4/h8,18H,1,9-17H2,2-7H3,(H,22,23). The van der Waals surface area contributed by atoms with E-state index in [0.29, 0.717) is 51.2 Å². The summed E-state index contributed by atoms with van der Waals surface area (Å²) in [6, 6.07) is 0.574. The average molecular weight is 432 g/mol. The van der Waals surface area contributed by atoms with Crippen LogP contribution in [0.2, 0.25) is 6.04 Å². The van der Waals surface area contributed by atoms with Crippen molar-refractivity contribution in [3.8, 4) is 0 Å². The summed E-state index contributed by atoms with van der Waals surface area (Å²) < 4.78 is 22.7. The summed E-state index contributed by atoms with van der Waals surface area (Å²) in [4.78, 5) is 24.2. The molecule has 0 saturated heterocycles. The number of amides is 1. The van der Waals surface area contributed by atoms with Crippen molar-refractivity contribution >= 4 is 20.7 Å². The van der Waals surface area contributed by atoms with Crippen LogP contribution in [0.25, 0.3) is 0 Å². The molecule has 0 aromatic rings. The Balaban J connectivity index is 4.40. The molecule has 0 saturated carbocycles. The fraction of sp³-hybridized carbons (Fsp3) is 0.810. The van der Waals surface area contributed by atoms with Crippen molar-refractivity contribution in [1.29, 1.82) is 0 Å². The van der Waals surface area contributed by atoms with Crippen LogP contribution in [0.1, 0.15) is 67.2 Å². The molecule has 0 radical (unpaired) electrons. The SMILES string of the molecule is C=CC(C)CCCC(C)(C)OC(=O)C(=O)NCCC[Si](OCC)(OCC)OCC. The van der Waals surface area contributed by atoms with Gasteiger partial charge < -0.3 is 23.3 Å². The Morgan fingerprint density at radius 1 is 1.07 bits per heavy atom. The van der Waals surface area contributed by atoms with E-state index in [1.54, 1.807) is 0 Å². The Bertz CT molecular complexity index is 481. The van der Waals surface area contributed by atoms with E-state index in [2.05, 4.69) is 18.8 Å². The van der Waals surface area contributed by atoms with Crippen molar-refractivity contribution in [3.05, 3.63) is 12.7 Å². The lowest BCUT2D eigenvalue weighted by Gasteiger charge is -2.28. The molecule has 8 heteroatoms. The van der Waals surface area contributed by atoms with Crippen LogP contribution in [-0.4, -0.2) is 52.6 Å². The predicted octanol–water partition coefficient (Wildman–Crippen LogP) is 3.86. The minimum Gasteiger partial charge on any atom is -0.453 e. The number of hydrogen-bond acceptors (Lipinski definition) is 6. The molecule has 0 aliphatic heterocycles. The highest BCUT2D eigenvalue weighted by molar-refractivity contribution is 6.60. The predicted molar refractivity (Wildman–Crippen MR) is 116 cm³/mol. The zero-order chi connectivity index (χ0) is 22.3. The molecular formula is C21H41NO6Si. The highest BCUT2D eigenvalue weighted by Crippen LogP contribution is 2.21. The van der Waals surface area contributed by atoms with Gasteiger partial charge in [-0.25, -0.2) is 4.79 Å². The normalized spacial score (nSPS) is 13.0. The molecule has 7 nitrogen and oxygen atoms in total. The largest absolute Gasteiger partial charge is 0.500 e. The molecule has 0 fully saturated rings. The van der Waals surface area contributed by atoms with Gasteiger partial charge in [-0.2, -0.15) is 0 Å². The first kappa shape index (κ1) is 27.8. The molecule has 1 N–H and O–H groups in total. The molecule has 29 heavy (non-hydrogen) atoms. The van der Waals surface area contributed by atoms with Crippen LogP contribution in [-0.2, 0) is 27.6 Å². The zero-order valence-corrected chi connectivity index (χ0v) is 20.2. The van der Waals surface area contributed by atoms with Crippen LogP contribution in [0.4, 0.5) is 0 Å². The van der Waals surface area contributed by atoms with E-state index in [9.17, 15) is 9.59 Å². The second kappa shape index (κ2) is 14.7. The number of carbonyl (C=O) groups excluding carboxylic acids is 2. The summed E-state index contributed by atoms with van der Waals surface area (Å²) >= 11 is 0. The van der Waals surface area contributed by atoms with E-state index in [-0.39, 0.29) is 0 Å². The van der Waals surface area contributed by atoms with Crippen LogP contribution in [0.3, 0.4) is 0 Å². The van der Waals surface area contributed by atoms with Gasteiger partial charge in [-0.1, -0.05) is 13.0 Å². The summed E-state index contributed by atoms with van der Waals surface area (Å²) in [7, 11) is -2.74. The van der Waals surface area contributed by atoms with Crippen LogP contribution in [0.15, 0.2) is 12.7 Å². The summed E-state index contributed by atoms with van der Waals surface area (Å²) in [6.45, 7) is 17.1. The fourth-order valence-electron chi connectivity index (χ4n) is 2.90. The Labute approximate surface area is 177 Å². The number of esters is 1. The first-order valence-electron chi connectivity index (χ1n) is 10.7. The summed E-state index contributed by atoms with van der Waals surface area (Å²) in [5, 5.41) is 2.62. The lowest BCUT2D eigenvalue weighted by molar-refractivity contribution is -0.165. The molecule has 0 aliphatic rings. The van der Waals surface area contributed by atoms with Gasteiger partial charge in [-0.15, -0.1) is 6.58 Å². The molecule has 170 valence electrons. The van der Waals surface area contributed by atoms with E-state index in [1.165, 1.54) is 0 Å². The zero-order valence-electron chi connectivity index (χ0n) is 19.2. The highest BCUT2D eigenvalue weighted by atomic mass is 28.4.